The zero-order chi connectivity index (χ0) is 14.0. The summed E-state index contributed by atoms with van der Waals surface area (Å²) in [4.78, 5) is -0.0170. The van der Waals surface area contributed by atoms with Gasteiger partial charge in [-0.2, -0.15) is 0 Å². The SMILES string of the molecule is Cc1ccc(Oc2ccc(S(=O)(=O)Cl)cc2)cc1F. The van der Waals surface area contributed by atoms with Crippen molar-refractivity contribution in [1.82, 2.24) is 0 Å². The second-order valence-corrected chi connectivity index (χ2v) is 6.49. The smallest absolute Gasteiger partial charge is 0.261 e. The first-order valence-corrected chi connectivity index (χ1v) is 7.66. The van der Waals surface area contributed by atoms with Crippen LogP contribution < -0.4 is 4.74 Å². The Bertz CT molecular complexity index is 696. The number of benzene rings is 2. The van der Waals surface area contributed by atoms with E-state index in [2.05, 4.69) is 0 Å². The van der Waals surface area contributed by atoms with E-state index < -0.39 is 9.05 Å². The summed E-state index contributed by atoms with van der Waals surface area (Å²) in [6, 6.07) is 10.0. The van der Waals surface area contributed by atoms with E-state index in [1.165, 1.54) is 30.3 Å². The minimum atomic E-state index is -3.75. The third-order valence-corrected chi connectivity index (χ3v) is 3.85. The fourth-order valence-corrected chi connectivity index (χ4v) is 2.21. The standard InChI is InChI=1S/C13H10ClFO3S/c1-9-2-3-11(8-13(9)15)18-10-4-6-12(7-5-10)19(14,16)17/h2-8H,1H3. The molecule has 2 rings (SSSR count). The molecule has 0 spiro atoms. The lowest BCUT2D eigenvalue weighted by molar-refractivity contribution is 0.475. The number of halogens is 2. The summed E-state index contributed by atoms with van der Waals surface area (Å²) in [6.45, 7) is 1.65. The molecule has 0 saturated heterocycles. The maximum absolute atomic E-state index is 13.3. The van der Waals surface area contributed by atoms with Crippen molar-refractivity contribution in [3.8, 4) is 11.5 Å². The zero-order valence-corrected chi connectivity index (χ0v) is 11.5. The predicted octanol–water partition coefficient (Wildman–Crippen LogP) is 3.85. The highest BCUT2D eigenvalue weighted by molar-refractivity contribution is 8.13. The van der Waals surface area contributed by atoms with Crippen LogP contribution >= 0.6 is 10.7 Å². The molecule has 0 saturated carbocycles. The molecule has 3 nitrogen and oxygen atoms in total. The van der Waals surface area contributed by atoms with E-state index in [1.54, 1.807) is 19.1 Å². The fourth-order valence-electron chi connectivity index (χ4n) is 1.44. The average molecular weight is 301 g/mol. The number of hydrogen-bond acceptors (Lipinski definition) is 3. The van der Waals surface area contributed by atoms with Gasteiger partial charge in [-0.25, -0.2) is 12.8 Å². The van der Waals surface area contributed by atoms with Gasteiger partial charge in [-0.3, -0.25) is 0 Å². The van der Waals surface area contributed by atoms with E-state index in [1.807, 2.05) is 0 Å². The molecule has 0 N–H and O–H groups in total. The summed E-state index contributed by atoms with van der Waals surface area (Å²) in [7, 11) is 1.44. The first kappa shape index (κ1) is 13.8. The molecule has 2 aromatic carbocycles. The van der Waals surface area contributed by atoms with Crippen molar-refractivity contribution < 1.29 is 17.5 Å². The molecular weight excluding hydrogens is 291 g/mol. The Morgan fingerprint density at radius 3 is 2.16 bits per heavy atom. The Hall–Kier alpha value is -1.59. The molecule has 6 heteroatoms. The second kappa shape index (κ2) is 5.19. The van der Waals surface area contributed by atoms with Crippen LogP contribution in [0.3, 0.4) is 0 Å². The lowest BCUT2D eigenvalue weighted by atomic mass is 10.2. The first-order chi connectivity index (χ1) is 8.86. The second-order valence-electron chi connectivity index (χ2n) is 3.92. The van der Waals surface area contributed by atoms with Gasteiger partial charge in [0.15, 0.2) is 0 Å². The Balaban J connectivity index is 2.22. The van der Waals surface area contributed by atoms with Gasteiger partial charge in [0.05, 0.1) is 4.90 Å². The van der Waals surface area contributed by atoms with Crippen molar-refractivity contribution in [3.63, 3.8) is 0 Å². The largest absolute Gasteiger partial charge is 0.457 e. The summed E-state index contributed by atoms with van der Waals surface area (Å²) in [6.07, 6.45) is 0. The van der Waals surface area contributed by atoms with Gasteiger partial charge in [-0.15, -0.1) is 0 Å². The average Bonchev–Trinajstić information content (AvgIpc) is 2.33. The van der Waals surface area contributed by atoms with Crippen LogP contribution in [0.2, 0.25) is 0 Å². The van der Waals surface area contributed by atoms with Crippen LogP contribution in [-0.4, -0.2) is 8.42 Å². The quantitative estimate of drug-likeness (QED) is 0.809. The topological polar surface area (TPSA) is 43.4 Å². The van der Waals surface area contributed by atoms with Gasteiger partial charge in [-0.1, -0.05) is 6.07 Å². The highest BCUT2D eigenvalue weighted by Gasteiger charge is 2.09. The molecule has 0 amide bonds. The van der Waals surface area contributed by atoms with Crippen molar-refractivity contribution in [2.45, 2.75) is 11.8 Å². The number of aryl methyl sites for hydroxylation is 1. The van der Waals surface area contributed by atoms with Crippen LogP contribution in [-0.2, 0) is 9.05 Å². The number of hydrogen-bond donors (Lipinski definition) is 0. The van der Waals surface area contributed by atoms with Crippen molar-refractivity contribution in [2.75, 3.05) is 0 Å². The van der Waals surface area contributed by atoms with E-state index in [0.29, 0.717) is 17.1 Å². The molecule has 0 aliphatic heterocycles. The summed E-state index contributed by atoms with van der Waals surface area (Å²) in [5.74, 6) is 0.370. The van der Waals surface area contributed by atoms with Gasteiger partial charge in [-0.05, 0) is 42.8 Å². The molecule has 0 unspecified atom stereocenters. The molecule has 0 aromatic heterocycles. The lowest BCUT2D eigenvalue weighted by Gasteiger charge is -2.07. The van der Waals surface area contributed by atoms with E-state index in [-0.39, 0.29) is 10.7 Å². The maximum Gasteiger partial charge on any atom is 0.261 e. The van der Waals surface area contributed by atoms with Crippen LogP contribution in [0.5, 0.6) is 11.5 Å². The number of ether oxygens (including phenoxy) is 1. The summed E-state index contributed by atoms with van der Waals surface area (Å²) >= 11 is 0. The third kappa shape index (κ3) is 3.45. The van der Waals surface area contributed by atoms with Crippen molar-refractivity contribution >= 4 is 19.7 Å². The Morgan fingerprint density at radius 2 is 1.63 bits per heavy atom. The van der Waals surface area contributed by atoms with Gasteiger partial charge in [0.1, 0.15) is 17.3 Å². The molecule has 0 atom stereocenters. The first-order valence-electron chi connectivity index (χ1n) is 5.35. The molecule has 0 heterocycles. The van der Waals surface area contributed by atoms with E-state index in [9.17, 15) is 12.8 Å². The lowest BCUT2D eigenvalue weighted by Crippen LogP contribution is -1.91. The van der Waals surface area contributed by atoms with Crippen molar-refractivity contribution in [1.29, 1.82) is 0 Å². The van der Waals surface area contributed by atoms with Crippen LogP contribution in [0.1, 0.15) is 5.56 Å². The molecule has 0 aliphatic rings. The van der Waals surface area contributed by atoms with Crippen LogP contribution in [0.4, 0.5) is 4.39 Å². The fraction of sp³-hybridized carbons (Fsp3) is 0.0769. The molecule has 100 valence electrons. The zero-order valence-electron chi connectivity index (χ0n) is 9.93. The molecule has 2 aromatic rings. The van der Waals surface area contributed by atoms with Crippen LogP contribution in [0.25, 0.3) is 0 Å². The van der Waals surface area contributed by atoms with Gasteiger partial charge in [0.25, 0.3) is 9.05 Å². The van der Waals surface area contributed by atoms with Gasteiger partial charge in [0.2, 0.25) is 0 Å². The van der Waals surface area contributed by atoms with E-state index in [0.717, 1.165) is 0 Å². The minimum Gasteiger partial charge on any atom is -0.457 e. The summed E-state index contributed by atoms with van der Waals surface area (Å²) < 4.78 is 40.8. The van der Waals surface area contributed by atoms with Gasteiger partial charge >= 0.3 is 0 Å². The number of rotatable bonds is 3. The van der Waals surface area contributed by atoms with E-state index in [4.69, 9.17) is 15.4 Å². The third-order valence-electron chi connectivity index (χ3n) is 2.48. The molecule has 0 aliphatic carbocycles. The highest BCUT2D eigenvalue weighted by atomic mass is 35.7. The highest BCUT2D eigenvalue weighted by Crippen LogP contribution is 2.25. The molecule has 0 fully saturated rings. The van der Waals surface area contributed by atoms with Gasteiger partial charge in [0, 0.05) is 16.7 Å². The van der Waals surface area contributed by atoms with E-state index >= 15 is 0 Å². The molecular formula is C13H10ClFO3S. The van der Waals surface area contributed by atoms with Gasteiger partial charge < -0.3 is 4.74 Å². The van der Waals surface area contributed by atoms with Crippen molar-refractivity contribution in [3.05, 3.63) is 53.8 Å². The normalized spacial score (nSPS) is 11.3. The Morgan fingerprint density at radius 1 is 1.05 bits per heavy atom. The summed E-state index contributed by atoms with van der Waals surface area (Å²) in [5, 5.41) is 0. The Labute approximate surface area is 115 Å². The van der Waals surface area contributed by atoms with Crippen LogP contribution in [0, 0.1) is 12.7 Å². The van der Waals surface area contributed by atoms with Crippen molar-refractivity contribution in [2.24, 2.45) is 0 Å². The minimum absolute atomic E-state index is 0.0170. The molecule has 0 bridgehead atoms. The monoisotopic (exact) mass is 300 g/mol. The Kier molecular flexibility index (Phi) is 3.78. The maximum atomic E-state index is 13.3. The molecule has 0 radical (unpaired) electrons. The molecule has 19 heavy (non-hydrogen) atoms. The summed E-state index contributed by atoms with van der Waals surface area (Å²) in [5.41, 5.74) is 0.524. The predicted molar refractivity (Wildman–Crippen MR) is 70.7 cm³/mol. The van der Waals surface area contributed by atoms with Crippen LogP contribution in [0.15, 0.2) is 47.4 Å².